The number of piperazine rings is 1. The summed E-state index contributed by atoms with van der Waals surface area (Å²) < 4.78 is 17.9. The molecule has 0 aliphatic carbocycles. The van der Waals surface area contributed by atoms with Crippen LogP contribution in [0.25, 0.3) is 5.70 Å². The number of aldehydes is 1. The molecule has 0 spiro atoms. The predicted octanol–water partition coefficient (Wildman–Crippen LogP) is 10.2. The van der Waals surface area contributed by atoms with Crippen molar-refractivity contribution in [2.75, 3.05) is 32.8 Å². The SMILES string of the molecule is Cc1cc(/C(=C\C=O)N2CCN(Cc3ccc(CCOc4ccc(C(C)C)cc4)cc3)CC2)cc(Cl)c1Oc1ccc(OCc2ccccc2Cl)cn1. The second-order valence-electron chi connectivity index (χ2n) is 13.5. The molecule has 6 rings (SSSR count). The number of hydrogen-bond donors (Lipinski definition) is 0. The number of allylic oxidation sites excluding steroid dienone is 1. The fourth-order valence-electron chi connectivity index (χ4n) is 6.30. The molecule has 5 aromatic rings. The summed E-state index contributed by atoms with van der Waals surface area (Å²) in [4.78, 5) is 20.9. The summed E-state index contributed by atoms with van der Waals surface area (Å²) in [6.45, 7) is 11.5. The maximum Gasteiger partial charge on any atom is 0.219 e. The van der Waals surface area contributed by atoms with Crippen LogP contribution in [-0.4, -0.2) is 53.9 Å². The van der Waals surface area contributed by atoms with Crippen molar-refractivity contribution in [3.05, 3.63) is 153 Å². The van der Waals surface area contributed by atoms with E-state index in [1.54, 1.807) is 24.4 Å². The Labute approximate surface area is 322 Å². The third-order valence-electron chi connectivity index (χ3n) is 9.37. The van der Waals surface area contributed by atoms with Gasteiger partial charge in [-0.15, -0.1) is 0 Å². The van der Waals surface area contributed by atoms with Crippen LogP contribution in [0.15, 0.2) is 109 Å². The first-order valence-corrected chi connectivity index (χ1v) is 18.8. The minimum Gasteiger partial charge on any atom is -0.493 e. The molecule has 0 radical (unpaired) electrons. The molecule has 7 nitrogen and oxygen atoms in total. The second-order valence-corrected chi connectivity index (χ2v) is 14.3. The summed E-state index contributed by atoms with van der Waals surface area (Å²) in [5, 5.41) is 1.09. The maximum atomic E-state index is 11.8. The lowest BCUT2D eigenvalue weighted by Crippen LogP contribution is -2.45. The molecule has 2 heterocycles. The van der Waals surface area contributed by atoms with Gasteiger partial charge in [-0.2, -0.15) is 0 Å². The van der Waals surface area contributed by atoms with Crippen LogP contribution in [0.5, 0.6) is 23.1 Å². The van der Waals surface area contributed by atoms with E-state index in [4.69, 9.17) is 37.4 Å². The third kappa shape index (κ3) is 10.4. The Hall–Kier alpha value is -4.82. The minimum absolute atomic E-state index is 0.333. The van der Waals surface area contributed by atoms with Crippen molar-refractivity contribution in [2.24, 2.45) is 0 Å². The molecule has 0 unspecified atom stereocenters. The van der Waals surface area contributed by atoms with Gasteiger partial charge in [-0.1, -0.05) is 91.6 Å². The summed E-state index contributed by atoms with van der Waals surface area (Å²) in [6, 6.07) is 32.1. The molecule has 0 N–H and O–H groups in total. The molecule has 1 aliphatic heterocycles. The number of halogens is 2. The van der Waals surface area contributed by atoms with Crippen LogP contribution in [0.3, 0.4) is 0 Å². The van der Waals surface area contributed by atoms with Gasteiger partial charge in [0.05, 0.1) is 17.8 Å². The topological polar surface area (TPSA) is 64.1 Å². The molecule has 1 aromatic heterocycles. The molecule has 9 heteroatoms. The molecule has 1 aliphatic rings. The molecular formula is C44H45Cl2N3O4. The van der Waals surface area contributed by atoms with Crippen LogP contribution < -0.4 is 14.2 Å². The van der Waals surface area contributed by atoms with Gasteiger partial charge in [0.25, 0.3) is 0 Å². The molecule has 0 saturated carbocycles. The van der Waals surface area contributed by atoms with E-state index in [-0.39, 0.29) is 0 Å². The number of rotatable bonds is 15. The maximum absolute atomic E-state index is 11.8. The van der Waals surface area contributed by atoms with Crippen molar-refractivity contribution in [3.63, 3.8) is 0 Å². The average molecular weight is 751 g/mol. The molecule has 0 atom stereocenters. The second kappa shape index (κ2) is 18.3. The zero-order valence-corrected chi connectivity index (χ0v) is 31.9. The molecule has 1 fully saturated rings. The monoisotopic (exact) mass is 749 g/mol. The van der Waals surface area contributed by atoms with E-state index < -0.39 is 0 Å². The van der Waals surface area contributed by atoms with Crippen LogP contribution in [-0.2, 0) is 24.4 Å². The summed E-state index contributed by atoms with van der Waals surface area (Å²) in [5.74, 6) is 2.92. The van der Waals surface area contributed by atoms with Crippen LogP contribution in [0, 0.1) is 6.92 Å². The highest BCUT2D eigenvalue weighted by Gasteiger charge is 2.22. The number of carbonyl (C=O) groups excluding carboxylic acids is 1. The lowest BCUT2D eigenvalue weighted by molar-refractivity contribution is -0.104. The van der Waals surface area contributed by atoms with E-state index in [1.165, 1.54) is 16.7 Å². The molecule has 1 saturated heterocycles. The Balaban J connectivity index is 0.991. The van der Waals surface area contributed by atoms with Gasteiger partial charge in [-0.3, -0.25) is 9.69 Å². The lowest BCUT2D eigenvalue weighted by Gasteiger charge is -2.37. The average Bonchev–Trinajstić information content (AvgIpc) is 3.17. The lowest BCUT2D eigenvalue weighted by atomic mass is 10.0. The number of ether oxygens (including phenoxy) is 3. The van der Waals surface area contributed by atoms with E-state index in [0.29, 0.717) is 46.6 Å². The Morgan fingerprint density at radius 3 is 2.21 bits per heavy atom. The van der Waals surface area contributed by atoms with Crippen molar-refractivity contribution < 1.29 is 19.0 Å². The van der Waals surface area contributed by atoms with Crippen molar-refractivity contribution in [2.45, 2.75) is 46.3 Å². The van der Waals surface area contributed by atoms with Crippen molar-refractivity contribution in [1.29, 1.82) is 0 Å². The molecule has 53 heavy (non-hydrogen) atoms. The molecule has 0 bridgehead atoms. The number of carbonyl (C=O) groups is 1. The van der Waals surface area contributed by atoms with Gasteiger partial charge in [-0.05, 0) is 77.1 Å². The number of aryl methyl sites for hydroxylation is 1. The Morgan fingerprint density at radius 1 is 0.830 bits per heavy atom. The fourth-order valence-corrected chi connectivity index (χ4v) is 6.80. The molecule has 4 aromatic carbocycles. The van der Waals surface area contributed by atoms with E-state index in [1.807, 2.05) is 43.3 Å². The minimum atomic E-state index is 0.333. The van der Waals surface area contributed by atoms with E-state index in [9.17, 15) is 4.79 Å². The third-order valence-corrected chi connectivity index (χ3v) is 10.0. The van der Waals surface area contributed by atoms with Gasteiger partial charge in [0.2, 0.25) is 5.88 Å². The zero-order chi connectivity index (χ0) is 37.2. The highest BCUT2D eigenvalue weighted by atomic mass is 35.5. The van der Waals surface area contributed by atoms with E-state index in [2.05, 4.69) is 77.2 Å². The van der Waals surface area contributed by atoms with Crippen LogP contribution in [0.4, 0.5) is 0 Å². The van der Waals surface area contributed by atoms with Crippen molar-refractivity contribution in [1.82, 2.24) is 14.8 Å². The number of benzene rings is 4. The Bertz CT molecular complexity index is 1970. The van der Waals surface area contributed by atoms with E-state index in [0.717, 1.165) is 73.6 Å². The van der Waals surface area contributed by atoms with Gasteiger partial charge >= 0.3 is 0 Å². The number of nitrogens with zero attached hydrogens (tertiary/aromatic N) is 3. The summed E-state index contributed by atoms with van der Waals surface area (Å²) in [6.07, 6.45) is 4.92. The normalized spacial score (nSPS) is 13.6. The smallest absolute Gasteiger partial charge is 0.219 e. The van der Waals surface area contributed by atoms with Crippen LogP contribution in [0.1, 0.15) is 53.1 Å². The largest absolute Gasteiger partial charge is 0.493 e. The molecule has 0 amide bonds. The number of aromatic nitrogens is 1. The quantitative estimate of drug-likeness (QED) is 0.0780. The molecular weight excluding hydrogens is 705 g/mol. The van der Waals surface area contributed by atoms with E-state index >= 15 is 0 Å². The van der Waals surface area contributed by atoms with Gasteiger partial charge in [-0.25, -0.2) is 4.98 Å². The Morgan fingerprint density at radius 2 is 1.55 bits per heavy atom. The fraction of sp³-hybridized carbons (Fsp3) is 0.273. The first-order chi connectivity index (χ1) is 25.7. The number of pyridine rings is 1. The van der Waals surface area contributed by atoms with Crippen molar-refractivity contribution >= 4 is 35.2 Å². The highest BCUT2D eigenvalue weighted by Crippen LogP contribution is 2.36. The van der Waals surface area contributed by atoms with Gasteiger partial charge < -0.3 is 19.1 Å². The van der Waals surface area contributed by atoms with Gasteiger partial charge in [0, 0.05) is 67.6 Å². The summed E-state index contributed by atoms with van der Waals surface area (Å²) in [7, 11) is 0. The van der Waals surface area contributed by atoms with Crippen molar-refractivity contribution in [3.8, 4) is 23.1 Å². The van der Waals surface area contributed by atoms with Gasteiger partial charge in [0.15, 0.2) is 5.75 Å². The first-order valence-electron chi connectivity index (χ1n) is 18.0. The van der Waals surface area contributed by atoms with Crippen LogP contribution >= 0.6 is 23.2 Å². The number of hydrogen-bond acceptors (Lipinski definition) is 7. The Kier molecular flexibility index (Phi) is 13.1. The predicted molar refractivity (Wildman–Crippen MR) is 213 cm³/mol. The summed E-state index contributed by atoms with van der Waals surface area (Å²) in [5.41, 5.74) is 7.29. The first kappa shape index (κ1) is 37.9. The molecule has 274 valence electrons. The zero-order valence-electron chi connectivity index (χ0n) is 30.4. The standard InChI is InChI=1S/C44H45Cl2N3O4/c1-31(2)35-12-14-38(15-13-35)51-25-19-33-8-10-34(11-9-33)29-48-20-22-49(23-21-48)42(18-24-50)37-26-32(3)44(41(46)27-37)53-43-17-16-39(28-47-43)52-30-36-6-4-5-7-40(36)45/h4-18,24,26-28,31H,19-23,25,29-30H2,1-3H3/b42-18+. The summed E-state index contributed by atoms with van der Waals surface area (Å²) >= 11 is 13.0. The highest BCUT2D eigenvalue weighted by molar-refractivity contribution is 6.32. The van der Waals surface area contributed by atoms with Gasteiger partial charge in [0.1, 0.15) is 24.4 Å². The van der Waals surface area contributed by atoms with Crippen LogP contribution in [0.2, 0.25) is 10.0 Å².